The van der Waals surface area contributed by atoms with Gasteiger partial charge in [-0.15, -0.1) is 0 Å². The van der Waals surface area contributed by atoms with Gasteiger partial charge in [0.25, 0.3) is 0 Å². The van der Waals surface area contributed by atoms with E-state index in [1.807, 2.05) is 33.8 Å². The quantitative estimate of drug-likeness (QED) is 0.664. The molecule has 0 saturated carbocycles. The second-order valence-corrected chi connectivity index (χ2v) is 4.78. The number of hydrogen-bond acceptors (Lipinski definition) is 2. The highest BCUT2D eigenvalue weighted by Crippen LogP contribution is 2.23. The summed E-state index contributed by atoms with van der Waals surface area (Å²) in [5, 5.41) is 4.11. The Morgan fingerprint density at radius 1 is 1.33 bits per heavy atom. The van der Waals surface area contributed by atoms with Crippen LogP contribution in [-0.2, 0) is 5.41 Å². The number of halogens is 1. The zero-order chi connectivity index (χ0) is 11.2. The highest BCUT2D eigenvalue weighted by atomic mass is 19.1. The second-order valence-electron chi connectivity index (χ2n) is 4.78. The Morgan fingerprint density at radius 2 is 2.00 bits per heavy atom. The van der Waals surface area contributed by atoms with Crippen LogP contribution in [0.15, 0.2) is 12.3 Å². The lowest BCUT2D eigenvalue weighted by Crippen LogP contribution is -2.17. The highest BCUT2D eigenvalue weighted by Gasteiger charge is 2.21. The fourth-order valence-corrected chi connectivity index (χ4v) is 1.54. The fourth-order valence-electron chi connectivity index (χ4n) is 1.54. The van der Waals surface area contributed by atoms with Gasteiger partial charge in [0.1, 0.15) is 0 Å². The van der Waals surface area contributed by atoms with E-state index in [0.29, 0.717) is 11.3 Å². The van der Waals surface area contributed by atoms with Crippen LogP contribution in [0.2, 0.25) is 0 Å². The molecule has 2 aromatic rings. The van der Waals surface area contributed by atoms with Crippen LogP contribution in [0, 0.1) is 12.7 Å². The number of nitrogens with zero attached hydrogens (tertiary/aromatic N) is 3. The summed E-state index contributed by atoms with van der Waals surface area (Å²) in [5.74, 6) is -0.307. The van der Waals surface area contributed by atoms with Gasteiger partial charge < -0.3 is 0 Å². The molecule has 4 heteroatoms. The summed E-state index contributed by atoms with van der Waals surface area (Å²) in [6.07, 6.45) is 1.38. The summed E-state index contributed by atoms with van der Waals surface area (Å²) in [5.41, 5.74) is 1.73. The van der Waals surface area contributed by atoms with Crippen LogP contribution in [0.3, 0.4) is 0 Å². The van der Waals surface area contributed by atoms with Crippen molar-refractivity contribution in [2.24, 2.45) is 0 Å². The van der Waals surface area contributed by atoms with Crippen molar-refractivity contribution in [3.8, 4) is 0 Å². The molecule has 0 N–H and O–H groups in total. The zero-order valence-corrected chi connectivity index (χ0v) is 9.37. The van der Waals surface area contributed by atoms with Crippen molar-refractivity contribution in [2.75, 3.05) is 0 Å². The predicted octanol–water partition coefficient (Wildman–Crippen LogP) is 2.47. The van der Waals surface area contributed by atoms with E-state index < -0.39 is 0 Å². The van der Waals surface area contributed by atoms with Crippen molar-refractivity contribution in [3.63, 3.8) is 0 Å². The van der Waals surface area contributed by atoms with Gasteiger partial charge in [-0.25, -0.2) is 13.9 Å². The molecule has 2 heterocycles. The van der Waals surface area contributed by atoms with Gasteiger partial charge in [-0.2, -0.15) is 5.10 Å². The van der Waals surface area contributed by atoms with E-state index in [2.05, 4.69) is 10.1 Å². The lowest BCUT2D eigenvalue weighted by molar-refractivity contribution is 0.497. The highest BCUT2D eigenvalue weighted by molar-refractivity contribution is 5.40. The third-order valence-electron chi connectivity index (χ3n) is 2.24. The molecule has 0 fully saturated rings. The molecule has 0 bridgehead atoms. The molecule has 3 nitrogen and oxygen atoms in total. The van der Waals surface area contributed by atoms with E-state index in [0.717, 1.165) is 5.69 Å². The van der Waals surface area contributed by atoms with Gasteiger partial charge in [0.15, 0.2) is 11.5 Å². The first-order valence-electron chi connectivity index (χ1n) is 4.91. The molecule has 0 radical (unpaired) electrons. The topological polar surface area (TPSA) is 30.2 Å². The Kier molecular flexibility index (Phi) is 2.03. The Balaban J connectivity index is 2.72. The van der Waals surface area contributed by atoms with Gasteiger partial charge in [-0.1, -0.05) is 20.8 Å². The van der Waals surface area contributed by atoms with Gasteiger partial charge in [-0.05, 0) is 6.92 Å². The molecule has 0 atom stereocenters. The molecule has 15 heavy (non-hydrogen) atoms. The monoisotopic (exact) mass is 207 g/mol. The minimum Gasteiger partial charge on any atom is -0.230 e. The van der Waals surface area contributed by atoms with E-state index in [-0.39, 0.29) is 11.2 Å². The van der Waals surface area contributed by atoms with Gasteiger partial charge in [0.2, 0.25) is 0 Å². The standard InChI is InChI=1S/C11H14FN3/c1-7-5-9-13-10(11(2,3)4)8(12)6-15(9)14-7/h5-6H,1-4H3. The Labute approximate surface area is 87.9 Å². The number of hydrogen-bond donors (Lipinski definition) is 0. The average Bonchev–Trinajstić information content (AvgIpc) is 2.40. The first-order chi connectivity index (χ1) is 6.88. The van der Waals surface area contributed by atoms with Crippen LogP contribution in [0.1, 0.15) is 32.2 Å². The summed E-state index contributed by atoms with van der Waals surface area (Å²) < 4.78 is 15.2. The first kappa shape index (κ1) is 10.1. The maximum absolute atomic E-state index is 13.7. The van der Waals surface area contributed by atoms with Crippen LogP contribution in [-0.4, -0.2) is 14.6 Å². The van der Waals surface area contributed by atoms with Gasteiger partial charge >= 0.3 is 0 Å². The SMILES string of the molecule is Cc1cc2nc(C(C)(C)C)c(F)cn2n1. The van der Waals surface area contributed by atoms with Crippen molar-refractivity contribution in [1.82, 2.24) is 14.6 Å². The van der Waals surface area contributed by atoms with Gasteiger partial charge in [0.05, 0.1) is 17.6 Å². The Bertz CT molecular complexity index is 508. The minimum atomic E-state index is -0.307. The summed E-state index contributed by atoms with van der Waals surface area (Å²) in [7, 11) is 0. The third-order valence-corrected chi connectivity index (χ3v) is 2.24. The number of aryl methyl sites for hydroxylation is 1. The Morgan fingerprint density at radius 3 is 2.60 bits per heavy atom. The Hall–Kier alpha value is -1.45. The summed E-state index contributed by atoms with van der Waals surface area (Å²) in [4.78, 5) is 4.29. The van der Waals surface area contributed by atoms with Crippen molar-refractivity contribution in [1.29, 1.82) is 0 Å². The molecule has 0 aromatic carbocycles. The summed E-state index contributed by atoms with van der Waals surface area (Å²) in [6, 6.07) is 1.84. The first-order valence-corrected chi connectivity index (χ1v) is 4.91. The van der Waals surface area contributed by atoms with Crippen LogP contribution in [0.4, 0.5) is 4.39 Å². The van der Waals surface area contributed by atoms with Gasteiger partial charge in [0, 0.05) is 11.5 Å². The zero-order valence-electron chi connectivity index (χ0n) is 9.37. The molecular formula is C11H14FN3. The summed E-state index contributed by atoms with van der Waals surface area (Å²) >= 11 is 0. The van der Waals surface area contributed by atoms with E-state index in [4.69, 9.17) is 0 Å². The van der Waals surface area contributed by atoms with Crippen LogP contribution in [0.25, 0.3) is 5.65 Å². The van der Waals surface area contributed by atoms with Crippen molar-refractivity contribution >= 4 is 5.65 Å². The van der Waals surface area contributed by atoms with E-state index in [1.165, 1.54) is 10.7 Å². The third kappa shape index (κ3) is 1.71. The molecule has 2 rings (SSSR count). The van der Waals surface area contributed by atoms with Crippen LogP contribution in [0.5, 0.6) is 0 Å². The van der Waals surface area contributed by atoms with E-state index >= 15 is 0 Å². The molecule has 0 amide bonds. The van der Waals surface area contributed by atoms with Crippen molar-refractivity contribution in [2.45, 2.75) is 33.1 Å². The molecule has 0 aliphatic carbocycles. The maximum atomic E-state index is 13.7. The number of fused-ring (bicyclic) bond motifs is 1. The summed E-state index contributed by atoms with van der Waals surface area (Å²) in [6.45, 7) is 7.69. The molecule has 0 spiro atoms. The lowest BCUT2D eigenvalue weighted by Gasteiger charge is -2.18. The van der Waals surface area contributed by atoms with E-state index in [9.17, 15) is 4.39 Å². The average molecular weight is 207 g/mol. The van der Waals surface area contributed by atoms with Gasteiger partial charge in [-0.3, -0.25) is 0 Å². The largest absolute Gasteiger partial charge is 0.230 e. The normalized spacial score (nSPS) is 12.3. The minimum absolute atomic E-state index is 0.288. The molecule has 80 valence electrons. The maximum Gasteiger partial charge on any atom is 0.163 e. The number of aromatic nitrogens is 3. The predicted molar refractivity (Wildman–Crippen MR) is 56.4 cm³/mol. The molecule has 2 aromatic heterocycles. The van der Waals surface area contributed by atoms with Crippen LogP contribution < -0.4 is 0 Å². The molecule has 0 aliphatic heterocycles. The lowest BCUT2D eigenvalue weighted by atomic mass is 9.92. The fraction of sp³-hybridized carbons (Fsp3) is 0.455. The smallest absolute Gasteiger partial charge is 0.163 e. The molecule has 0 unspecified atom stereocenters. The molecule has 0 saturated heterocycles. The van der Waals surface area contributed by atoms with Crippen molar-refractivity contribution < 1.29 is 4.39 Å². The van der Waals surface area contributed by atoms with Crippen molar-refractivity contribution in [3.05, 3.63) is 29.5 Å². The molecule has 0 aliphatic rings. The van der Waals surface area contributed by atoms with Crippen LogP contribution >= 0.6 is 0 Å². The van der Waals surface area contributed by atoms with E-state index in [1.54, 1.807) is 0 Å². The molecular weight excluding hydrogens is 193 g/mol. The second kappa shape index (κ2) is 3.02. The number of rotatable bonds is 0.